The summed E-state index contributed by atoms with van der Waals surface area (Å²) in [7, 11) is 0. The van der Waals surface area contributed by atoms with Gasteiger partial charge in [-0.05, 0) is 76.7 Å². The zero-order valence-corrected chi connectivity index (χ0v) is 20.7. The lowest BCUT2D eigenvalue weighted by molar-refractivity contribution is -0.148. The third-order valence-electron chi connectivity index (χ3n) is 7.64. The number of aliphatic carboxylic acids is 1. The molecule has 4 rings (SSSR count). The maximum Gasteiger partial charge on any atom is 0.341 e. The number of nitrogens with one attached hydrogen (secondary N) is 1. The van der Waals surface area contributed by atoms with Crippen LogP contribution in [0, 0.1) is 23.7 Å². The van der Waals surface area contributed by atoms with Gasteiger partial charge in [0.15, 0.2) is 0 Å². The average Bonchev–Trinajstić information content (AvgIpc) is 3.43. The molecule has 0 saturated heterocycles. The third kappa shape index (κ3) is 4.48. The van der Waals surface area contributed by atoms with Gasteiger partial charge < -0.3 is 15.2 Å². The number of esters is 1. The molecule has 1 aromatic heterocycles. The number of anilines is 1. The van der Waals surface area contributed by atoms with E-state index in [1.165, 1.54) is 24.2 Å². The van der Waals surface area contributed by atoms with Gasteiger partial charge in [-0.25, -0.2) is 4.79 Å². The number of rotatable bonds is 5. The molecule has 2 bridgehead atoms. The highest BCUT2D eigenvalue weighted by Crippen LogP contribution is 2.57. The second kappa shape index (κ2) is 10.00. The van der Waals surface area contributed by atoms with Gasteiger partial charge in [-0.1, -0.05) is 30.4 Å². The normalized spacial score (nSPS) is 26.7. The molecule has 3 aliphatic rings. The summed E-state index contributed by atoms with van der Waals surface area (Å²) >= 11 is 1.48. The molecule has 33 heavy (non-hydrogen) atoms. The number of amides is 1. The Hall–Kier alpha value is -2.15. The molecule has 2 saturated carbocycles. The van der Waals surface area contributed by atoms with Gasteiger partial charge in [-0.15, -0.1) is 11.3 Å². The summed E-state index contributed by atoms with van der Waals surface area (Å²) in [5.41, 5.74) is 3.79. The van der Waals surface area contributed by atoms with E-state index >= 15 is 0 Å². The summed E-state index contributed by atoms with van der Waals surface area (Å²) in [6.07, 6.45) is 8.98. The molecule has 6 nitrogen and oxygen atoms in total. The molecule has 1 heterocycles. The van der Waals surface area contributed by atoms with Gasteiger partial charge in [-0.3, -0.25) is 9.59 Å². The zero-order valence-electron chi connectivity index (χ0n) is 19.9. The van der Waals surface area contributed by atoms with Crippen LogP contribution in [0.15, 0.2) is 11.1 Å². The van der Waals surface area contributed by atoms with Crippen molar-refractivity contribution in [3.63, 3.8) is 0 Å². The van der Waals surface area contributed by atoms with Crippen LogP contribution in [0.25, 0.3) is 0 Å². The van der Waals surface area contributed by atoms with Crippen molar-refractivity contribution in [1.82, 2.24) is 0 Å². The minimum Gasteiger partial charge on any atom is -0.481 e. The first kappa shape index (κ1) is 24.0. The van der Waals surface area contributed by atoms with E-state index in [1.54, 1.807) is 6.92 Å². The topological polar surface area (TPSA) is 92.7 Å². The fourth-order valence-electron chi connectivity index (χ4n) is 6.40. The van der Waals surface area contributed by atoms with Gasteiger partial charge >= 0.3 is 11.9 Å². The van der Waals surface area contributed by atoms with Crippen LogP contribution in [0.2, 0.25) is 0 Å². The maximum atomic E-state index is 13.6. The van der Waals surface area contributed by atoms with E-state index in [4.69, 9.17) is 4.74 Å². The average molecular weight is 474 g/mol. The smallest absolute Gasteiger partial charge is 0.341 e. The number of hydrogen-bond donors (Lipinski definition) is 2. The van der Waals surface area contributed by atoms with E-state index in [2.05, 4.69) is 5.32 Å². The number of carbonyl (C=O) groups is 3. The van der Waals surface area contributed by atoms with E-state index in [0.717, 1.165) is 66.5 Å². The van der Waals surface area contributed by atoms with Crippen molar-refractivity contribution in [3.8, 4) is 0 Å². The van der Waals surface area contributed by atoms with Crippen molar-refractivity contribution >= 4 is 34.2 Å². The fraction of sp³-hybridized carbons (Fsp3) is 0.654. The van der Waals surface area contributed by atoms with Gasteiger partial charge in [0, 0.05) is 4.88 Å². The standard InChI is InChI=1S/C26H35NO5S/c1-4-32-26(31)22-15-10-8-6-5-7-9-11-18(15)33-24(22)27-23(28)20-16-12-13-17(19(16)14(2)3)21(20)25(29)30/h16-17,20-21H,4-13H2,1-3H3,(H,27,28)(H,29,30)/t16-,17-,20+,21+/m0/s1. The first-order chi connectivity index (χ1) is 15.8. The molecule has 4 atom stereocenters. The van der Waals surface area contributed by atoms with Crippen molar-refractivity contribution in [2.24, 2.45) is 23.7 Å². The van der Waals surface area contributed by atoms with Crippen LogP contribution in [-0.2, 0) is 27.2 Å². The van der Waals surface area contributed by atoms with Gasteiger partial charge in [-0.2, -0.15) is 0 Å². The molecule has 2 fully saturated rings. The molecule has 3 aliphatic carbocycles. The number of carboxylic acids is 1. The monoisotopic (exact) mass is 473 g/mol. The predicted molar refractivity (Wildman–Crippen MR) is 129 cm³/mol. The lowest BCUT2D eigenvalue weighted by atomic mass is 9.78. The fourth-order valence-corrected chi connectivity index (χ4v) is 7.68. The van der Waals surface area contributed by atoms with E-state index in [0.29, 0.717) is 10.6 Å². The highest BCUT2D eigenvalue weighted by Gasteiger charge is 2.57. The molecule has 0 aliphatic heterocycles. The maximum absolute atomic E-state index is 13.6. The molecule has 0 radical (unpaired) electrons. The Balaban J connectivity index is 1.68. The summed E-state index contributed by atoms with van der Waals surface area (Å²) in [4.78, 5) is 39.9. The minimum absolute atomic E-state index is 0.0309. The number of carboxylic acid groups (broad SMARTS) is 1. The first-order valence-electron chi connectivity index (χ1n) is 12.4. The van der Waals surface area contributed by atoms with Crippen molar-refractivity contribution in [2.45, 2.75) is 78.6 Å². The van der Waals surface area contributed by atoms with Crippen LogP contribution in [0.5, 0.6) is 0 Å². The molecule has 2 N–H and O–H groups in total. The number of thiophene rings is 1. The highest BCUT2D eigenvalue weighted by atomic mass is 32.1. The SMILES string of the molecule is CCOC(=O)c1c(NC(=O)[C@H]2[C@H](C(=O)O)[C@H]3CC[C@H]2C3=C(C)C)sc2c1CCCCCCC2. The zero-order chi connectivity index (χ0) is 23.7. The lowest BCUT2D eigenvalue weighted by Crippen LogP contribution is -2.38. The summed E-state index contributed by atoms with van der Waals surface area (Å²) in [6, 6.07) is 0. The van der Waals surface area contributed by atoms with Crippen LogP contribution < -0.4 is 5.32 Å². The second-order valence-electron chi connectivity index (χ2n) is 9.82. The van der Waals surface area contributed by atoms with Gasteiger partial charge in [0.25, 0.3) is 0 Å². The molecule has 180 valence electrons. The van der Waals surface area contributed by atoms with E-state index < -0.39 is 23.8 Å². The Kier molecular flexibility index (Phi) is 7.27. The van der Waals surface area contributed by atoms with E-state index in [-0.39, 0.29) is 24.3 Å². The quantitative estimate of drug-likeness (QED) is 0.429. The van der Waals surface area contributed by atoms with Crippen molar-refractivity contribution < 1.29 is 24.2 Å². The van der Waals surface area contributed by atoms with Crippen molar-refractivity contribution in [2.75, 3.05) is 11.9 Å². The Labute approximate surface area is 199 Å². The van der Waals surface area contributed by atoms with Crippen LogP contribution >= 0.6 is 11.3 Å². The Bertz CT molecular complexity index is 974. The second-order valence-corrected chi connectivity index (χ2v) is 10.9. The lowest BCUT2D eigenvalue weighted by Gasteiger charge is -2.26. The number of allylic oxidation sites excluding steroid dienone is 2. The van der Waals surface area contributed by atoms with Crippen molar-refractivity contribution in [1.29, 1.82) is 0 Å². The van der Waals surface area contributed by atoms with Gasteiger partial charge in [0.05, 0.1) is 24.0 Å². The molecule has 0 unspecified atom stereocenters. The van der Waals surface area contributed by atoms with Crippen LogP contribution in [0.4, 0.5) is 5.00 Å². The van der Waals surface area contributed by atoms with E-state index in [1.807, 2.05) is 13.8 Å². The van der Waals surface area contributed by atoms with Gasteiger partial charge in [0.1, 0.15) is 5.00 Å². The number of aryl methyl sites for hydroxylation is 1. The molecule has 1 aromatic rings. The molecular formula is C26H35NO5S. The molecular weight excluding hydrogens is 438 g/mol. The first-order valence-corrected chi connectivity index (χ1v) is 13.2. The highest BCUT2D eigenvalue weighted by molar-refractivity contribution is 7.17. The van der Waals surface area contributed by atoms with E-state index in [9.17, 15) is 19.5 Å². The number of ether oxygens (including phenoxy) is 1. The Morgan fingerprint density at radius 1 is 1.00 bits per heavy atom. The number of carbonyl (C=O) groups excluding carboxylic acids is 2. The Morgan fingerprint density at radius 2 is 1.64 bits per heavy atom. The number of fused-ring (bicyclic) bond motifs is 3. The summed E-state index contributed by atoms with van der Waals surface area (Å²) in [6.45, 7) is 6.08. The Morgan fingerprint density at radius 3 is 2.27 bits per heavy atom. The molecule has 0 spiro atoms. The van der Waals surface area contributed by atoms with Crippen molar-refractivity contribution in [3.05, 3.63) is 27.2 Å². The summed E-state index contributed by atoms with van der Waals surface area (Å²) in [5.74, 6) is -2.97. The van der Waals surface area contributed by atoms with Gasteiger partial charge in [0.2, 0.25) is 5.91 Å². The molecule has 1 amide bonds. The molecule has 0 aromatic carbocycles. The summed E-state index contributed by atoms with van der Waals surface area (Å²) in [5, 5.41) is 13.5. The van der Waals surface area contributed by atoms with Crippen LogP contribution in [-0.4, -0.2) is 29.6 Å². The van der Waals surface area contributed by atoms with Crippen LogP contribution in [0.1, 0.15) is 86.5 Å². The molecule has 7 heteroatoms. The summed E-state index contributed by atoms with van der Waals surface area (Å²) < 4.78 is 5.38. The minimum atomic E-state index is -0.901. The largest absolute Gasteiger partial charge is 0.481 e. The predicted octanol–water partition coefficient (Wildman–Crippen LogP) is 5.61. The third-order valence-corrected chi connectivity index (χ3v) is 8.85. The number of hydrogen-bond acceptors (Lipinski definition) is 5. The van der Waals surface area contributed by atoms with Crippen LogP contribution in [0.3, 0.4) is 0 Å².